The Kier molecular flexibility index (Phi) is 13.2. The van der Waals surface area contributed by atoms with Gasteiger partial charge in [0.15, 0.2) is 11.8 Å². The van der Waals surface area contributed by atoms with Crippen molar-refractivity contribution in [2.24, 2.45) is 10.8 Å². The molecule has 1 aromatic carbocycles. The van der Waals surface area contributed by atoms with Gasteiger partial charge in [-0.25, -0.2) is 9.59 Å². The van der Waals surface area contributed by atoms with Crippen LogP contribution in [0.15, 0.2) is 30.3 Å². The van der Waals surface area contributed by atoms with Gasteiger partial charge in [0.05, 0.1) is 13.2 Å². The van der Waals surface area contributed by atoms with Crippen LogP contribution in [0.4, 0.5) is 0 Å². The quantitative estimate of drug-likeness (QED) is 0.0804. The molecule has 15 heteroatoms. The van der Waals surface area contributed by atoms with Crippen molar-refractivity contribution in [1.29, 1.82) is 0 Å². The van der Waals surface area contributed by atoms with Gasteiger partial charge in [0.1, 0.15) is 36.4 Å². The van der Waals surface area contributed by atoms with E-state index >= 15 is 0 Å². The maximum atomic E-state index is 14.5. The molecule has 2 bridgehead atoms. The highest BCUT2D eigenvalue weighted by Crippen LogP contribution is 2.58. The van der Waals surface area contributed by atoms with E-state index in [0.717, 1.165) is 44.1 Å². The van der Waals surface area contributed by atoms with Gasteiger partial charge >= 0.3 is 17.9 Å². The van der Waals surface area contributed by atoms with Gasteiger partial charge < -0.3 is 39.4 Å². The van der Waals surface area contributed by atoms with Gasteiger partial charge in [0.2, 0.25) is 17.9 Å². The summed E-state index contributed by atoms with van der Waals surface area (Å²) in [4.78, 5) is 72.4. The molecule has 1 aromatic rings. The summed E-state index contributed by atoms with van der Waals surface area (Å²) in [5.41, 5.74) is -0.678. The van der Waals surface area contributed by atoms with Crippen LogP contribution in [0.1, 0.15) is 103 Å². The summed E-state index contributed by atoms with van der Waals surface area (Å²) < 4.78 is 30.3. The molecular formula is C41H57N3O12. The number of amides is 2. The van der Waals surface area contributed by atoms with E-state index in [-0.39, 0.29) is 51.6 Å². The smallest absolute Gasteiger partial charge is 0.348 e. The zero-order valence-electron chi connectivity index (χ0n) is 32.9. The van der Waals surface area contributed by atoms with E-state index in [1.54, 1.807) is 32.1 Å². The third kappa shape index (κ3) is 8.66. The van der Waals surface area contributed by atoms with E-state index in [4.69, 9.17) is 33.6 Å². The number of hydrogen-bond acceptors (Lipinski definition) is 13. The first-order chi connectivity index (χ1) is 26.9. The van der Waals surface area contributed by atoms with Gasteiger partial charge in [-0.05, 0) is 30.0 Å². The van der Waals surface area contributed by atoms with Crippen molar-refractivity contribution in [3.05, 3.63) is 41.5 Å². The number of esters is 3. The number of aliphatic hydroxyl groups is 1. The van der Waals surface area contributed by atoms with Crippen molar-refractivity contribution in [1.82, 2.24) is 15.7 Å². The Bertz CT molecular complexity index is 1640. The predicted molar refractivity (Wildman–Crippen MR) is 200 cm³/mol. The minimum absolute atomic E-state index is 0.0106. The van der Waals surface area contributed by atoms with Gasteiger partial charge in [-0.2, -0.15) is 5.06 Å². The van der Waals surface area contributed by atoms with Crippen LogP contribution < -0.4 is 10.6 Å². The van der Waals surface area contributed by atoms with Crippen LogP contribution in [0.5, 0.6) is 0 Å². The average Bonchev–Trinajstić information content (AvgIpc) is 3.80. The SMILES string of the molecule is CCCCCC1(CCCCC)OC2C3CC4(C(=O)NCCC(=O)NCCO)C(ON(Cc5cccc(C=CC(=O)OC6C(=O)OCC6(C)C)c5)C4C(=O)O3)C2O1. The Morgan fingerprint density at radius 1 is 0.982 bits per heavy atom. The first-order valence-corrected chi connectivity index (χ1v) is 20.2. The first kappa shape index (κ1) is 41.7. The lowest BCUT2D eigenvalue weighted by molar-refractivity contribution is -0.224. The number of nitrogens with zero attached hydrogens (tertiary/aromatic N) is 1. The van der Waals surface area contributed by atoms with Crippen molar-refractivity contribution in [2.45, 2.75) is 141 Å². The molecule has 6 rings (SSSR count). The molecule has 5 aliphatic rings. The van der Waals surface area contributed by atoms with Crippen LogP contribution in [0, 0.1) is 10.8 Å². The molecule has 308 valence electrons. The third-order valence-corrected chi connectivity index (χ3v) is 11.5. The largest absolute Gasteiger partial charge is 0.462 e. The Morgan fingerprint density at radius 2 is 1.71 bits per heavy atom. The summed E-state index contributed by atoms with van der Waals surface area (Å²) in [5, 5.41) is 16.1. The summed E-state index contributed by atoms with van der Waals surface area (Å²) in [6.45, 7) is 8.02. The van der Waals surface area contributed by atoms with Gasteiger partial charge in [0, 0.05) is 50.3 Å². The van der Waals surface area contributed by atoms with Crippen LogP contribution in [-0.4, -0.2) is 109 Å². The molecule has 0 radical (unpaired) electrons. The van der Waals surface area contributed by atoms with Gasteiger partial charge in [-0.3, -0.25) is 19.2 Å². The zero-order valence-corrected chi connectivity index (χ0v) is 32.9. The molecule has 1 aliphatic carbocycles. The van der Waals surface area contributed by atoms with Gasteiger partial charge in [-0.1, -0.05) is 77.6 Å². The molecular weight excluding hydrogens is 726 g/mol. The normalized spacial score (nSPS) is 29.8. The lowest BCUT2D eigenvalue weighted by atomic mass is 9.62. The molecule has 0 spiro atoms. The van der Waals surface area contributed by atoms with Crippen molar-refractivity contribution >= 4 is 35.8 Å². The van der Waals surface area contributed by atoms with Gasteiger partial charge in [-0.15, -0.1) is 0 Å². The van der Waals surface area contributed by atoms with Crippen molar-refractivity contribution < 1.29 is 57.6 Å². The average molecular weight is 784 g/mol. The summed E-state index contributed by atoms with van der Waals surface area (Å²) in [6.07, 6.45) is 6.13. The Hall–Kier alpha value is -3.89. The third-order valence-electron chi connectivity index (χ3n) is 11.5. The fourth-order valence-corrected chi connectivity index (χ4v) is 8.66. The first-order valence-electron chi connectivity index (χ1n) is 20.2. The van der Waals surface area contributed by atoms with E-state index in [1.165, 1.54) is 11.1 Å². The minimum atomic E-state index is -1.41. The molecule has 5 fully saturated rings. The molecule has 4 aliphatic heterocycles. The number of hydrogen-bond donors (Lipinski definition) is 3. The Labute approximate surface area is 328 Å². The number of aliphatic hydroxyl groups excluding tert-OH is 1. The van der Waals surface area contributed by atoms with Crippen molar-refractivity contribution in [2.75, 3.05) is 26.3 Å². The Morgan fingerprint density at radius 3 is 2.39 bits per heavy atom. The predicted octanol–water partition coefficient (Wildman–Crippen LogP) is 3.25. The van der Waals surface area contributed by atoms with E-state index in [0.29, 0.717) is 18.4 Å². The van der Waals surface area contributed by atoms with E-state index in [2.05, 4.69) is 24.5 Å². The standard InChI is InChI=1S/C41H57N3O12/c1-5-7-9-17-40(18-10-8-6-2)54-31-28-23-41(38(50)43-19-16-29(46)42-20-21-45)33(36(48)52-28)44(56-34(41)32(31)55-40)24-27-13-11-12-26(22-27)14-15-30(47)53-35-37(49)51-25-39(35,3)4/h11-15,22,28,31-35,45H,5-10,16-21,23-25H2,1-4H3,(H,42,46)(H,43,50). The summed E-state index contributed by atoms with van der Waals surface area (Å²) in [6, 6.07) is 6.13. The van der Waals surface area contributed by atoms with Crippen LogP contribution in [0.25, 0.3) is 6.08 Å². The molecule has 15 nitrogen and oxygen atoms in total. The fraction of sp³-hybridized carbons (Fsp3) is 0.683. The van der Waals surface area contributed by atoms with Crippen molar-refractivity contribution in [3.8, 4) is 0 Å². The highest BCUT2D eigenvalue weighted by molar-refractivity contribution is 5.94. The van der Waals surface area contributed by atoms with E-state index < -0.39 is 77.0 Å². The molecule has 4 heterocycles. The molecule has 0 aromatic heterocycles. The highest BCUT2D eigenvalue weighted by atomic mass is 16.8. The summed E-state index contributed by atoms with van der Waals surface area (Å²) >= 11 is 0. The highest BCUT2D eigenvalue weighted by Gasteiger charge is 2.76. The van der Waals surface area contributed by atoms with Crippen LogP contribution in [0.2, 0.25) is 0 Å². The number of carbonyl (C=O) groups excluding carboxylic acids is 5. The number of benzene rings is 1. The Balaban J connectivity index is 1.25. The second-order valence-corrected chi connectivity index (χ2v) is 16.3. The maximum Gasteiger partial charge on any atom is 0.348 e. The number of ether oxygens (including phenoxy) is 5. The molecule has 7 atom stereocenters. The molecule has 1 saturated carbocycles. The molecule has 7 unspecified atom stereocenters. The number of rotatable bonds is 19. The monoisotopic (exact) mass is 783 g/mol. The van der Waals surface area contributed by atoms with E-state index in [1.807, 2.05) is 12.1 Å². The van der Waals surface area contributed by atoms with Crippen LogP contribution in [0.3, 0.4) is 0 Å². The van der Waals surface area contributed by atoms with Gasteiger partial charge in [0.25, 0.3) is 0 Å². The second-order valence-electron chi connectivity index (χ2n) is 16.3. The maximum absolute atomic E-state index is 14.5. The summed E-state index contributed by atoms with van der Waals surface area (Å²) in [7, 11) is 0. The number of unbranched alkanes of at least 4 members (excludes halogenated alkanes) is 4. The number of nitrogens with one attached hydrogen (secondary N) is 2. The van der Waals surface area contributed by atoms with Crippen LogP contribution >= 0.6 is 0 Å². The number of fused-ring (bicyclic) bond motifs is 4. The number of hydroxylamine groups is 2. The fourth-order valence-electron chi connectivity index (χ4n) is 8.66. The number of carbonyl (C=O) groups is 5. The molecule has 3 N–H and O–H groups in total. The zero-order chi connectivity index (χ0) is 40.1. The topological polar surface area (TPSA) is 188 Å². The summed E-state index contributed by atoms with van der Waals surface area (Å²) in [5.74, 6) is -3.55. The lowest BCUT2D eigenvalue weighted by Crippen LogP contribution is -2.69. The molecule has 56 heavy (non-hydrogen) atoms. The molecule has 2 amide bonds. The minimum Gasteiger partial charge on any atom is -0.462 e. The van der Waals surface area contributed by atoms with Crippen LogP contribution in [-0.2, 0) is 59.0 Å². The molecule has 4 saturated heterocycles. The van der Waals surface area contributed by atoms with Crippen molar-refractivity contribution in [3.63, 3.8) is 0 Å². The van der Waals surface area contributed by atoms with E-state index in [9.17, 15) is 24.0 Å². The number of cyclic esters (lactones) is 1. The second kappa shape index (κ2) is 17.7. The lowest BCUT2D eigenvalue weighted by Gasteiger charge is -2.48.